The summed E-state index contributed by atoms with van der Waals surface area (Å²) in [6, 6.07) is 19.7. The van der Waals surface area contributed by atoms with Crippen LogP contribution in [0.4, 0.5) is 0 Å². The van der Waals surface area contributed by atoms with Crippen LogP contribution in [0.25, 0.3) is 22.4 Å². The molecule has 0 aliphatic rings. The summed E-state index contributed by atoms with van der Waals surface area (Å²) in [5.41, 5.74) is 3.67. The quantitative estimate of drug-likeness (QED) is 0.750. The fraction of sp³-hybridized carbons (Fsp3) is 0. The van der Waals surface area contributed by atoms with Gasteiger partial charge in [0.05, 0.1) is 10.6 Å². The van der Waals surface area contributed by atoms with Crippen LogP contribution in [0.1, 0.15) is 0 Å². The van der Waals surface area contributed by atoms with Gasteiger partial charge in [-0.05, 0) is 41.5 Å². The Hall–Kier alpha value is -2.50. The van der Waals surface area contributed by atoms with E-state index >= 15 is 0 Å². The first-order valence-electron chi connectivity index (χ1n) is 6.63. The Labute approximate surface area is 128 Å². The number of pyridine rings is 1. The van der Waals surface area contributed by atoms with E-state index in [9.17, 15) is 8.42 Å². The van der Waals surface area contributed by atoms with Crippen molar-refractivity contribution in [3.05, 3.63) is 72.9 Å². The Bertz CT molecular complexity index is 889. The van der Waals surface area contributed by atoms with E-state index < -0.39 is 10.1 Å². The van der Waals surface area contributed by atoms with E-state index in [-0.39, 0.29) is 4.90 Å². The van der Waals surface area contributed by atoms with E-state index in [4.69, 9.17) is 4.55 Å². The van der Waals surface area contributed by atoms with Gasteiger partial charge >= 0.3 is 0 Å². The summed E-state index contributed by atoms with van der Waals surface area (Å²) in [7, 11) is -4.16. The fourth-order valence-corrected chi connectivity index (χ4v) is 2.69. The van der Waals surface area contributed by atoms with E-state index in [1.54, 1.807) is 18.3 Å². The highest BCUT2D eigenvalue weighted by molar-refractivity contribution is 7.85. The van der Waals surface area contributed by atoms with Crippen molar-refractivity contribution >= 4 is 10.1 Å². The Morgan fingerprint density at radius 2 is 1.50 bits per heavy atom. The molecule has 4 nitrogen and oxygen atoms in total. The molecule has 0 aliphatic carbocycles. The lowest BCUT2D eigenvalue weighted by Crippen LogP contribution is -1.97. The van der Waals surface area contributed by atoms with Crippen molar-refractivity contribution in [1.82, 2.24) is 4.98 Å². The van der Waals surface area contributed by atoms with Crippen LogP contribution in [0.15, 0.2) is 77.8 Å². The third-order valence-electron chi connectivity index (χ3n) is 3.31. The van der Waals surface area contributed by atoms with Gasteiger partial charge in [0.1, 0.15) is 0 Å². The van der Waals surface area contributed by atoms with Gasteiger partial charge in [-0.1, -0.05) is 36.4 Å². The minimum atomic E-state index is -4.16. The van der Waals surface area contributed by atoms with Crippen LogP contribution < -0.4 is 0 Å². The molecule has 110 valence electrons. The number of nitrogens with zero attached hydrogens (tertiary/aromatic N) is 1. The molecule has 0 saturated heterocycles. The van der Waals surface area contributed by atoms with Crippen molar-refractivity contribution in [2.75, 3.05) is 0 Å². The predicted molar refractivity (Wildman–Crippen MR) is 84.9 cm³/mol. The number of aromatic nitrogens is 1. The first-order chi connectivity index (χ1) is 10.5. The Morgan fingerprint density at radius 3 is 2.14 bits per heavy atom. The van der Waals surface area contributed by atoms with Crippen LogP contribution in [-0.4, -0.2) is 18.0 Å². The molecule has 0 bridgehead atoms. The molecule has 3 aromatic rings. The zero-order valence-corrected chi connectivity index (χ0v) is 12.4. The highest BCUT2D eigenvalue weighted by Gasteiger charge is 2.09. The molecule has 0 radical (unpaired) electrons. The Kier molecular flexibility index (Phi) is 3.75. The molecular formula is C17H13NO3S. The second-order valence-corrected chi connectivity index (χ2v) is 6.22. The molecule has 0 saturated carbocycles. The normalized spacial score (nSPS) is 11.3. The second kappa shape index (κ2) is 5.71. The summed E-state index contributed by atoms with van der Waals surface area (Å²) in [4.78, 5) is 4.20. The van der Waals surface area contributed by atoms with Crippen LogP contribution in [0.5, 0.6) is 0 Å². The maximum Gasteiger partial charge on any atom is 0.294 e. The Balaban J connectivity index is 1.99. The Morgan fingerprint density at radius 1 is 0.773 bits per heavy atom. The second-order valence-electron chi connectivity index (χ2n) is 4.80. The molecule has 0 unspecified atom stereocenters. The lowest BCUT2D eigenvalue weighted by Gasteiger charge is -2.06. The largest absolute Gasteiger partial charge is 0.294 e. The third kappa shape index (κ3) is 3.05. The smallest absolute Gasteiger partial charge is 0.282 e. The average Bonchev–Trinajstić information content (AvgIpc) is 2.55. The molecule has 0 atom stereocenters. The summed E-state index contributed by atoms with van der Waals surface area (Å²) >= 11 is 0. The highest BCUT2D eigenvalue weighted by Crippen LogP contribution is 2.26. The monoisotopic (exact) mass is 311 g/mol. The van der Waals surface area contributed by atoms with Crippen molar-refractivity contribution in [2.45, 2.75) is 4.90 Å². The average molecular weight is 311 g/mol. The van der Waals surface area contributed by atoms with Crippen LogP contribution in [0.2, 0.25) is 0 Å². The first-order valence-corrected chi connectivity index (χ1v) is 8.07. The number of hydrogen-bond acceptors (Lipinski definition) is 3. The highest BCUT2D eigenvalue weighted by atomic mass is 32.2. The number of rotatable bonds is 3. The predicted octanol–water partition coefficient (Wildman–Crippen LogP) is 3.66. The van der Waals surface area contributed by atoms with Crippen LogP contribution in [-0.2, 0) is 10.1 Å². The standard InChI is InChI=1S/C17H13NO3S/c19-22(20,21)16-9-7-13(8-10-16)14-4-3-5-15(12-14)17-6-1-2-11-18-17/h1-12H,(H,19,20,21). The summed E-state index contributed by atoms with van der Waals surface area (Å²) in [6.07, 6.45) is 1.74. The van der Waals surface area contributed by atoms with E-state index in [1.807, 2.05) is 42.5 Å². The SMILES string of the molecule is O=S(=O)(O)c1ccc(-c2cccc(-c3ccccn3)c2)cc1. The first kappa shape index (κ1) is 14.4. The molecule has 0 fully saturated rings. The molecule has 1 aromatic heterocycles. The fourth-order valence-electron chi connectivity index (χ4n) is 2.21. The van der Waals surface area contributed by atoms with Gasteiger partial charge in [0.2, 0.25) is 0 Å². The van der Waals surface area contributed by atoms with Gasteiger partial charge in [-0.15, -0.1) is 0 Å². The topological polar surface area (TPSA) is 67.3 Å². The number of hydrogen-bond donors (Lipinski definition) is 1. The van der Waals surface area contributed by atoms with Gasteiger partial charge in [-0.25, -0.2) is 0 Å². The minimum Gasteiger partial charge on any atom is -0.282 e. The lowest BCUT2D eigenvalue weighted by molar-refractivity contribution is 0.483. The summed E-state index contributed by atoms with van der Waals surface area (Å²) in [5, 5.41) is 0. The van der Waals surface area contributed by atoms with Gasteiger partial charge in [-0.3, -0.25) is 9.54 Å². The van der Waals surface area contributed by atoms with Gasteiger partial charge in [0.15, 0.2) is 0 Å². The van der Waals surface area contributed by atoms with Gasteiger partial charge in [-0.2, -0.15) is 8.42 Å². The van der Waals surface area contributed by atoms with Crippen molar-refractivity contribution in [1.29, 1.82) is 0 Å². The molecule has 22 heavy (non-hydrogen) atoms. The molecule has 5 heteroatoms. The van der Waals surface area contributed by atoms with Crippen molar-refractivity contribution in [2.24, 2.45) is 0 Å². The molecule has 0 amide bonds. The number of benzene rings is 2. The third-order valence-corrected chi connectivity index (χ3v) is 4.18. The van der Waals surface area contributed by atoms with Gasteiger partial charge < -0.3 is 0 Å². The van der Waals surface area contributed by atoms with E-state index in [0.717, 1.165) is 22.4 Å². The van der Waals surface area contributed by atoms with Crippen molar-refractivity contribution in [3.8, 4) is 22.4 Å². The van der Waals surface area contributed by atoms with Crippen molar-refractivity contribution in [3.63, 3.8) is 0 Å². The molecule has 1 N–H and O–H groups in total. The summed E-state index contributed by atoms with van der Waals surface area (Å²) < 4.78 is 31.1. The maximum atomic E-state index is 11.1. The summed E-state index contributed by atoms with van der Waals surface area (Å²) in [6.45, 7) is 0. The molecule has 1 heterocycles. The van der Waals surface area contributed by atoms with E-state index in [1.165, 1.54) is 12.1 Å². The molecule has 0 aliphatic heterocycles. The van der Waals surface area contributed by atoms with Crippen LogP contribution in [0, 0.1) is 0 Å². The minimum absolute atomic E-state index is 0.114. The maximum absolute atomic E-state index is 11.1. The molecule has 3 rings (SSSR count). The lowest BCUT2D eigenvalue weighted by atomic mass is 10.0. The van der Waals surface area contributed by atoms with Gasteiger partial charge in [0.25, 0.3) is 10.1 Å². The van der Waals surface area contributed by atoms with Gasteiger partial charge in [0, 0.05) is 11.8 Å². The van der Waals surface area contributed by atoms with Crippen molar-refractivity contribution < 1.29 is 13.0 Å². The zero-order chi connectivity index (χ0) is 15.6. The molecular weight excluding hydrogens is 298 g/mol. The zero-order valence-electron chi connectivity index (χ0n) is 11.5. The summed E-state index contributed by atoms with van der Waals surface area (Å²) in [5.74, 6) is 0. The van der Waals surface area contributed by atoms with Crippen LogP contribution in [0.3, 0.4) is 0 Å². The van der Waals surface area contributed by atoms with E-state index in [0.29, 0.717) is 0 Å². The molecule has 2 aromatic carbocycles. The van der Waals surface area contributed by atoms with E-state index in [2.05, 4.69) is 4.98 Å². The van der Waals surface area contributed by atoms with Crippen LogP contribution >= 0.6 is 0 Å². The molecule has 0 spiro atoms.